The first-order chi connectivity index (χ1) is 12.7. The fraction of sp³-hybridized carbons (Fsp3) is 0.611. The monoisotopic (exact) mass is 361 g/mol. The summed E-state index contributed by atoms with van der Waals surface area (Å²) in [4.78, 5) is 34.8. The molecule has 0 spiro atoms. The quantitative estimate of drug-likeness (QED) is 0.693. The van der Waals surface area contributed by atoms with E-state index in [4.69, 9.17) is 4.74 Å². The molecule has 0 aliphatic carbocycles. The number of hydrogen-bond donors (Lipinski definition) is 1. The van der Waals surface area contributed by atoms with E-state index >= 15 is 0 Å². The molecule has 0 unspecified atom stereocenters. The molecule has 26 heavy (non-hydrogen) atoms. The predicted octanol–water partition coefficient (Wildman–Crippen LogP) is -0.431. The molecule has 3 rings (SSSR count). The molecule has 0 atom stereocenters. The number of morpholine rings is 1. The summed E-state index contributed by atoms with van der Waals surface area (Å²) in [5.41, 5.74) is 0. The van der Waals surface area contributed by atoms with Gasteiger partial charge in [-0.2, -0.15) is 0 Å². The number of ether oxygens (including phenoxy) is 1. The van der Waals surface area contributed by atoms with Gasteiger partial charge >= 0.3 is 0 Å². The Morgan fingerprint density at radius 1 is 1.08 bits per heavy atom. The number of rotatable bonds is 6. The largest absolute Gasteiger partial charge is 0.379 e. The highest BCUT2D eigenvalue weighted by Crippen LogP contribution is 2.12. The van der Waals surface area contributed by atoms with E-state index in [1.807, 2.05) is 18.2 Å². The molecule has 2 saturated heterocycles. The molecule has 2 aliphatic heterocycles. The van der Waals surface area contributed by atoms with Gasteiger partial charge in [-0.05, 0) is 12.1 Å². The van der Waals surface area contributed by atoms with Gasteiger partial charge in [-0.1, -0.05) is 6.07 Å². The summed E-state index contributed by atoms with van der Waals surface area (Å²) >= 11 is 0. The van der Waals surface area contributed by atoms with Crippen LogP contribution >= 0.6 is 0 Å². The van der Waals surface area contributed by atoms with E-state index < -0.39 is 0 Å². The minimum absolute atomic E-state index is 0.0767. The van der Waals surface area contributed by atoms with Gasteiger partial charge in [0.25, 0.3) is 0 Å². The summed E-state index contributed by atoms with van der Waals surface area (Å²) in [6, 6.07) is 5.82. The number of carbonyl (C=O) groups is 2. The fourth-order valence-electron chi connectivity index (χ4n) is 3.22. The molecular formula is C18H27N5O3. The minimum Gasteiger partial charge on any atom is -0.379 e. The molecule has 0 aromatic carbocycles. The van der Waals surface area contributed by atoms with Crippen molar-refractivity contribution in [1.29, 1.82) is 0 Å². The molecule has 2 aliphatic rings. The Labute approximate surface area is 154 Å². The topological polar surface area (TPSA) is 78.0 Å². The Bertz CT molecular complexity index is 584. The molecule has 2 amide bonds. The number of aromatic nitrogens is 1. The molecule has 3 heterocycles. The number of nitrogens with one attached hydrogen (secondary N) is 1. The number of piperazine rings is 1. The number of pyridine rings is 1. The van der Waals surface area contributed by atoms with Crippen molar-refractivity contribution in [3.63, 3.8) is 0 Å². The van der Waals surface area contributed by atoms with Gasteiger partial charge in [0.15, 0.2) is 0 Å². The SMILES string of the molecule is O=C(CC(=O)N1CCN(c2ccccn2)CC1)NCCN1CCOCC1. The lowest BCUT2D eigenvalue weighted by Crippen LogP contribution is -2.50. The second kappa shape index (κ2) is 9.49. The lowest BCUT2D eigenvalue weighted by atomic mass is 10.2. The lowest BCUT2D eigenvalue weighted by molar-refractivity contribution is -0.136. The van der Waals surface area contributed by atoms with Crippen LogP contribution in [0.5, 0.6) is 0 Å². The van der Waals surface area contributed by atoms with E-state index in [-0.39, 0.29) is 18.2 Å². The van der Waals surface area contributed by atoms with Crippen LogP contribution in [0.4, 0.5) is 5.82 Å². The van der Waals surface area contributed by atoms with Gasteiger partial charge in [0.2, 0.25) is 11.8 Å². The summed E-state index contributed by atoms with van der Waals surface area (Å²) in [7, 11) is 0. The molecule has 1 aromatic rings. The number of anilines is 1. The zero-order valence-corrected chi connectivity index (χ0v) is 15.1. The van der Waals surface area contributed by atoms with Gasteiger partial charge in [-0.25, -0.2) is 4.98 Å². The van der Waals surface area contributed by atoms with Crippen molar-refractivity contribution in [2.24, 2.45) is 0 Å². The van der Waals surface area contributed by atoms with Crippen LogP contribution in [0.1, 0.15) is 6.42 Å². The van der Waals surface area contributed by atoms with Crippen molar-refractivity contribution in [1.82, 2.24) is 20.1 Å². The first kappa shape index (κ1) is 18.6. The van der Waals surface area contributed by atoms with Crippen LogP contribution in [0.25, 0.3) is 0 Å². The molecule has 1 aromatic heterocycles. The van der Waals surface area contributed by atoms with Gasteiger partial charge < -0.3 is 19.9 Å². The molecular weight excluding hydrogens is 334 g/mol. The van der Waals surface area contributed by atoms with Gasteiger partial charge in [-0.15, -0.1) is 0 Å². The van der Waals surface area contributed by atoms with Gasteiger partial charge in [-0.3, -0.25) is 14.5 Å². The van der Waals surface area contributed by atoms with Crippen molar-refractivity contribution >= 4 is 17.6 Å². The Morgan fingerprint density at radius 3 is 2.54 bits per heavy atom. The summed E-state index contributed by atoms with van der Waals surface area (Å²) in [6.07, 6.45) is 1.70. The highest BCUT2D eigenvalue weighted by atomic mass is 16.5. The third-order valence-corrected chi connectivity index (χ3v) is 4.77. The summed E-state index contributed by atoms with van der Waals surface area (Å²) in [6.45, 7) is 7.37. The van der Waals surface area contributed by atoms with Crippen LogP contribution < -0.4 is 10.2 Å². The Balaban J connectivity index is 1.34. The Kier molecular flexibility index (Phi) is 6.79. The molecule has 142 valence electrons. The standard InChI is InChI=1S/C18H27N5O3/c24-17(20-5-6-21-11-13-26-14-12-21)15-18(25)23-9-7-22(8-10-23)16-3-1-2-4-19-16/h1-4H,5-15H2,(H,20,24). The maximum Gasteiger partial charge on any atom is 0.232 e. The van der Waals surface area contributed by atoms with Crippen LogP contribution in [0.2, 0.25) is 0 Å². The van der Waals surface area contributed by atoms with Crippen LogP contribution in [0.15, 0.2) is 24.4 Å². The summed E-state index contributed by atoms with van der Waals surface area (Å²) in [5.74, 6) is 0.630. The summed E-state index contributed by atoms with van der Waals surface area (Å²) < 4.78 is 5.30. The first-order valence-electron chi connectivity index (χ1n) is 9.23. The second-order valence-corrected chi connectivity index (χ2v) is 6.54. The highest BCUT2D eigenvalue weighted by Gasteiger charge is 2.23. The van der Waals surface area contributed by atoms with Gasteiger partial charge in [0.1, 0.15) is 12.2 Å². The third kappa shape index (κ3) is 5.40. The highest BCUT2D eigenvalue weighted by molar-refractivity contribution is 5.96. The molecule has 2 fully saturated rings. The minimum atomic E-state index is -0.199. The van der Waals surface area contributed by atoms with Crippen LogP contribution in [0, 0.1) is 0 Å². The van der Waals surface area contributed by atoms with Crippen molar-refractivity contribution in [3.8, 4) is 0 Å². The molecule has 8 nitrogen and oxygen atoms in total. The normalized spacial score (nSPS) is 18.6. The van der Waals surface area contributed by atoms with Crippen molar-refractivity contribution in [2.45, 2.75) is 6.42 Å². The fourth-order valence-corrected chi connectivity index (χ4v) is 3.22. The van der Waals surface area contributed by atoms with Crippen molar-refractivity contribution in [3.05, 3.63) is 24.4 Å². The van der Waals surface area contributed by atoms with E-state index in [0.717, 1.165) is 51.8 Å². The van der Waals surface area contributed by atoms with E-state index in [1.54, 1.807) is 11.1 Å². The number of carbonyl (C=O) groups excluding carboxylic acids is 2. The lowest BCUT2D eigenvalue weighted by Gasteiger charge is -2.35. The average molecular weight is 361 g/mol. The molecule has 0 saturated carbocycles. The van der Waals surface area contributed by atoms with Gasteiger partial charge in [0, 0.05) is 58.6 Å². The molecule has 1 N–H and O–H groups in total. The number of hydrogen-bond acceptors (Lipinski definition) is 6. The smallest absolute Gasteiger partial charge is 0.232 e. The van der Waals surface area contributed by atoms with E-state index in [9.17, 15) is 9.59 Å². The predicted molar refractivity (Wildman–Crippen MR) is 97.9 cm³/mol. The first-order valence-corrected chi connectivity index (χ1v) is 9.23. The molecule has 8 heteroatoms. The Hall–Kier alpha value is -2.19. The van der Waals surface area contributed by atoms with E-state index in [1.165, 1.54) is 0 Å². The zero-order chi connectivity index (χ0) is 18.2. The number of nitrogens with zero attached hydrogens (tertiary/aromatic N) is 4. The van der Waals surface area contributed by atoms with E-state index in [0.29, 0.717) is 19.6 Å². The van der Waals surface area contributed by atoms with Crippen molar-refractivity contribution in [2.75, 3.05) is 70.5 Å². The maximum atomic E-state index is 12.3. The second-order valence-electron chi connectivity index (χ2n) is 6.54. The van der Waals surface area contributed by atoms with E-state index in [2.05, 4.69) is 20.1 Å². The third-order valence-electron chi connectivity index (χ3n) is 4.77. The Morgan fingerprint density at radius 2 is 1.85 bits per heavy atom. The number of amides is 2. The van der Waals surface area contributed by atoms with Crippen LogP contribution in [-0.2, 0) is 14.3 Å². The van der Waals surface area contributed by atoms with Crippen LogP contribution in [-0.4, -0.2) is 92.2 Å². The zero-order valence-electron chi connectivity index (χ0n) is 15.1. The van der Waals surface area contributed by atoms with Crippen molar-refractivity contribution < 1.29 is 14.3 Å². The van der Waals surface area contributed by atoms with Crippen LogP contribution in [0.3, 0.4) is 0 Å². The average Bonchev–Trinajstić information content (AvgIpc) is 2.69. The molecule has 0 radical (unpaired) electrons. The van der Waals surface area contributed by atoms with Gasteiger partial charge in [0.05, 0.1) is 13.2 Å². The maximum absolute atomic E-state index is 12.3. The molecule has 0 bridgehead atoms. The summed E-state index contributed by atoms with van der Waals surface area (Å²) in [5, 5.41) is 2.85.